The number of nitrogens with two attached hydrogens (primary N) is 1. The van der Waals surface area contributed by atoms with Crippen LogP contribution < -0.4 is 11.1 Å². The summed E-state index contributed by atoms with van der Waals surface area (Å²) in [5.74, 6) is -0.116. The van der Waals surface area contributed by atoms with Gasteiger partial charge < -0.3 is 11.1 Å². The Balaban J connectivity index is 1.70. The molecule has 3 N–H and O–H groups in total. The molecule has 1 fully saturated rings. The smallest absolute Gasteiger partial charge is 0.230 e. The molecule has 0 spiro atoms. The molecular weight excluding hydrogens is 292 g/mol. The van der Waals surface area contributed by atoms with Crippen molar-refractivity contribution >= 4 is 23.4 Å². The number of carbonyl (C=O) groups excluding carboxylic acids is 1. The molecule has 4 heteroatoms. The van der Waals surface area contributed by atoms with Crippen molar-refractivity contribution in [1.82, 2.24) is 0 Å². The van der Waals surface area contributed by atoms with Gasteiger partial charge in [0.15, 0.2) is 0 Å². The maximum Gasteiger partial charge on any atom is 0.230 e. The lowest BCUT2D eigenvalue weighted by molar-refractivity contribution is -0.119. The van der Waals surface area contributed by atoms with E-state index in [2.05, 4.69) is 17.4 Å². The highest BCUT2D eigenvalue weighted by Gasteiger charge is 2.39. The van der Waals surface area contributed by atoms with Crippen molar-refractivity contribution in [3.05, 3.63) is 60.7 Å². The zero-order valence-corrected chi connectivity index (χ0v) is 13.1. The molecule has 0 heterocycles. The normalized spacial score (nSPS) is 24.1. The number of nitrogens with one attached hydrogen (secondary N) is 1. The molecule has 1 aliphatic carbocycles. The van der Waals surface area contributed by atoms with Gasteiger partial charge in [-0.05, 0) is 37.1 Å². The van der Waals surface area contributed by atoms with Crippen LogP contribution in [0.5, 0.6) is 0 Å². The van der Waals surface area contributed by atoms with E-state index in [4.69, 9.17) is 5.73 Å². The second kappa shape index (κ2) is 6.99. The van der Waals surface area contributed by atoms with Gasteiger partial charge in [-0.3, -0.25) is 4.79 Å². The fraction of sp³-hybridized carbons (Fsp3) is 0.278. The number of hydrogen-bond donors (Lipinski definition) is 2. The van der Waals surface area contributed by atoms with Crippen LogP contribution in [-0.4, -0.2) is 17.2 Å². The summed E-state index contributed by atoms with van der Waals surface area (Å²) in [6, 6.07) is 19.7. The molecule has 3 nitrogen and oxygen atoms in total. The lowest BCUT2D eigenvalue weighted by atomic mass is 10.0. The van der Waals surface area contributed by atoms with Crippen LogP contribution in [0, 0.1) is 5.92 Å². The molecule has 0 aromatic heterocycles. The van der Waals surface area contributed by atoms with E-state index in [9.17, 15) is 4.79 Å². The third-order valence-corrected chi connectivity index (χ3v) is 5.40. The van der Waals surface area contributed by atoms with Crippen LogP contribution in [-0.2, 0) is 4.79 Å². The molecule has 3 atom stereocenters. The number of hydrogen-bond acceptors (Lipinski definition) is 3. The summed E-state index contributed by atoms with van der Waals surface area (Å²) in [7, 11) is 0. The van der Waals surface area contributed by atoms with Crippen LogP contribution >= 0.6 is 11.8 Å². The first-order valence-electron chi connectivity index (χ1n) is 7.57. The predicted octanol–water partition coefficient (Wildman–Crippen LogP) is 3.52. The van der Waals surface area contributed by atoms with Gasteiger partial charge in [0.25, 0.3) is 0 Å². The number of para-hydroxylation sites is 1. The maximum absolute atomic E-state index is 12.6. The predicted molar refractivity (Wildman–Crippen MR) is 91.9 cm³/mol. The average Bonchev–Trinajstić information content (AvgIpc) is 2.90. The highest BCUT2D eigenvalue weighted by Crippen LogP contribution is 2.39. The van der Waals surface area contributed by atoms with Crippen LogP contribution in [0.3, 0.4) is 0 Å². The van der Waals surface area contributed by atoms with E-state index in [1.807, 2.05) is 48.5 Å². The van der Waals surface area contributed by atoms with Gasteiger partial charge in [0.2, 0.25) is 5.91 Å². The molecule has 1 amide bonds. The number of benzene rings is 2. The highest BCUT2D eigenvalue weighted by atomic mass is 32.2. The van der Waals surface area contributed by atoms with Gasteiger partial charge >= 0.3 is 0 Å². The van der Waals surface area contributed by atoms with Crippen LogP contribution in [0.2, 0.25) is 0 Å². The molecule has 2 aromatic rings. The van der Waals surface area contributed by atoms with Crippen molar-refractivity contribution in [2.24, 2.45) is 11.7 Å². The van der Waals surface area contributed by atoms with Crippen molar-refractivity contribution in [3.63, 3.8) is 0 Å². The summed E-state index contributed by atoms with van der Waals surface area (Å²) < 4.78 is 0. The average molecular weight is 312 g/mol. The largest absolute Gasteiger partial charge is 0.327 e. The minimum Gasteiger partial charge on any atom is -0.327 e. The van der Waals surface area contributed by atoms with Crippen LogP contribution in [0.4, 0.5) is 5.69 Å². The molecule has 0 aliphatic heterocycles. The van der Waals surface area contributed by atoms with Crippen molar-refractivity contribution in [3.8, 4) is 0 Å². The Bertz CT molecular complexity index is 617. The second-order valence-corrected chi connectivity index (χ2v) is 6.90. The molecule has 3 rings (SSSR count). The molecule has 22 heavy (non-hydrogen) atoms. The minimum atomic E-state index is -0.148. The number of amides is 1. The Labute approximate surface area is 135 Å². The summed E-state index contributed by atoms with van der Waals surface area (Å²) in [5, 5.41) is 3.23. The molecule has 0 bridgehead atoms. The molecule has 3 unspecified atom stereocenters. The number of rotatable bonds is 4. The maximum atomic E-state index is 12.6. The second-order valence-electron chi connectivity index (χ2n) is 5.59. The van der Waals surface area contributed by atoms with Gasteiger partial charge in [0.1, 0.15) is 0 Å². The standard InChI is InChI=1S/C18H20N2OS/c19-15-11-12-16(22-14-9-5-2-6-10-14)17(15)18(21)20-13-7-3-1-4-8-13/h1-10,15-17H,11-12,19H2,(H,20,21). The van der Waals surface area contributed by atoms with Gasteiger partial charge in [0.05, 0.1) is 5.92 Å². The van der Waals surface area contributed by atoms with Crippen molar-refractivity contribution < 1.29 is 4.79 Å². The Morgan fingerprint density at radius 2 is 1.64 bits per heavy atom. The van der Waals surface area contributed by atoms with E-state index in [-0.39, 0.29) is 23.1 Å². The minimum absolute atomic E-state index is 0.0321. The topological polar surface area (TPSA) is 55.1 Å². The van der Waals surface area contributed by atoms with Gasteiger partial charge in [-0.2, -0.15) is 0 Å². The van der Waals surface area contributed by atoms with Crippen molar-refractivity contribution in [2.75, 3.05) is 5.32 Å². The van der Waals surface area contributed by atoms with E-state index in [0.29, 0.717) is 0 Å². The Hall–Kier alpha value is -1.78. The van der Waals surface area contributed by atoms with E-state index in [1.54, 1.807) is 11.8 Å². The number of thioether (sulfide) groups is 1. The monoisotopic (exact) mass is 312 g/mol. The Morgan fingerprint density at radius 3 is 2.32 bits per heavy atom. The van der Waals surface area contributed by atoms with Gasteiger partial charge in [-0.25, -0.2) is 0 Å². The number of anilines is 1. The van der Waals surface area contributed by atoms with Crippen LogP contribution in [0.1, 0.15) is 12.8 Å². The summed E-state index contributed by atoms with van der Waals surface area (Å²) in [6.07, 6.45) is 1.88. The molecule has 0 radical (unpaired) electrons. The zero-order valence-electron chi connectivity index (χ0n) is 12.3. The highest BCUT2D eigenvalue weighted by molar-refractivity contribution is 8.00. The molecular formula is C18H20N2OS. The lowest BCUT2D eigenvalue weighted by Gasteiger charge is -2.21. The Morgan fingerprint density at radius 1 is 1.00 bits per heavy atom. The zero-order chi connectivity index (χ0) is 15.4. The van der Waals surface area contributed by atoms with Crippen molar-refractivity contribution in [1.29, 1.82) is 0 Å². The fourth-order valence-electron chi connectivity index (χ4n) is 2.91. The quantitative estimate of drug-likeness (QED) is 0.908. The van der Waals surface area contributed by atoms with E-state index in [1.165, 1.54) is 4.90 Å². The first-order chi connectivity index (χ1) is 10.7. The van der Waals surface area contributed by atoms with Gasteiger partial charge in [-0.1, -0.05) is 36.4 Å². The van der Waals surface area contributed by atoms with Crippen LogP contribution in [0.25, 0.3) is 0 Å². The SMILES string of the molecule is NC1CCC(Sc2ccccc2)C1C(=O)Nc1ccccc1. The van der Waals surface area contributed by atoms with E-state index < -0.39 is 0 Å². The molecule has 0 saturated heterocycles. The first kappa shape index (κ1) is 15.1. The van der Waals surface area contributed by atoms with Crippen LogP contribution in [0.15, 0.2) is 65.6 Å². The number of carbonyl (C=O) groups is 1. The van der Waals surface area contributed by atoms with Crippen molar-refractivity contribution in [2.45, 2.75) is 29.0 Å². The third-order valence-electron chi connectivity index (χ3n) is 4.02. The van der Waals surface area contributed by atoms with E-state index >= 15 is 0 Å². The summed E-state index contributed by atoms with van der Waals surface area (Å²) >= 11 is 1.76. The van der Waals surface area contributed by atoms with Gasteiger partial charge in [0, 0.05) is 21.9 Å². The summed E-state index contributed by atoms with van der Waals surface area (Å²) in [5.41, 5.74) is 7.03. The molecule has 114 valence electrons. The first-order valence-corrected chi connectivity index (χ1v) is 8.45. The third kappa shape index (κ3) is 3.51. The summed E-state index contributed by atoms with van der Waals surface area (Å²) in [4.78, 5) is 13.8. The lowest BCUT2D eigenvalue weighted by Crippen LogP contribution is -2.38. The Kier molecular flexibility index (Phi) is 4.80. The molecule has 1 aliphatic rings. The fourth-order valence-corrected chi connectivity index (χ4v) is 4.30. The van der Waals surface area contributed by atoms with E-state index in [0.717, 1.165) is 18.5 Å². The van der Waals surface area contributed by atoms with Gasteiger partial charge in [-0.15, -0.1) is 11.8 Å². The molecule has 1 saturated carbocycles. The summed E-state index contributed by atoms with van der Waals surface area (Å²) in [6.45, 7) is 0. The molecule has 2 aromatic carbocycles.